The maximum Gasteiger partial charge on any atom is 0.262 e. The maximum atomic E-state index is 12.4. The lowest BCUT2D eigenvalue weighted by Gasteiger charge is -2.10. The van der Waals surface area contributed by atoms with Crippen molar-refractivity contribution in [3.8, 4) is 5.75 Å². The number of hydrogen-bond acceptors (Lipinski definition) is 5. The highest BCUT2D eigenvalue weighted by Crippen LogP contribution is 2.20. The van der Waals surface area contributed by atoms with Crippen LogP contribution in [0.2, 0.25) is 0 Å². The first kappa shape index (κ1) is 13.5. The van der Waals surface area contributed by atoms with Crippen molar-refractivity contribution >= 4 is 27.8 Å². The van der Waals surface area contributed by atoms with Gasteiger partial charge in [-0.2, -0.15) is 0 Å². The Hall–Kier alpha value is -2.47. The molecule has 2 aromatic heterocycles. The minimum Gasteiger partial charge on any atom is -0.496 e. The zero-order chi connectivity index (χ0) is 14.8. The largest absolute Gasteiger partial charge is 0.496 e. The van der Waals surface area contributed by atoms with Crippen LogP contribution in [0.15, 0.2) is 40.8 Å². The highest BCUT2D eigenvalue weighted by molar-refractivity contribution is 7.16. The number of hydrogen-bond donors (Lipinski definition) is 0. The lowest BCUT2D eigenvalue weighted by atomic mass is 10.1. The molecule has 0 aliphatic carbocycles. The molecule has 6 heteroatoms. The van der Waals surface area contributed by atoms with Gasteiger partial charge in [-0.3, -0.25) is 14.2 Å². The monoisotopic (exact) mass is 300 g/mol. The number of nitrogens with zero attached hydrogens (tertiary/aromatic N) is 2. The third kappa shape index (κ3) is 2.45. The Morgan fingerprint density at radius 1 is 1.38 bits per heavy atom. The van der Waals surface area contributed by atoms with E-state index in [0.717, 1.165) is 16.7 Å². The lowest BCUT2D eigenvalue weighted by Crippen LogP contribution is -2.20. The highest BCUT2D eigenvalue weighted by Gasteiger charge is 2.09. The van der Waals surface area contributed by atoms with Crippen LogP contribution in [0.4, 0.5) is 0 Å². The second-order valence-electron chi connectivity index (χ2n) is 4.51. The molecular weight excluding hydrogens is 288 g/mol. The molecule has 1 aromatic carbocycles. The molecule has 106 valence electrons. The molecule has 21 heavy (non-hydrogen) atoms. The van der Waals surface area contributed by atoms with E-state index in [1.54, 1.807) is 31.4 Å². The molecule has 5 nitrogen and oxygen atoms in total. The summed E-state index contributed by atoms with van der Waals surface area (Å²) in [5, 5.41) is 2.45. The summed E-state index contributed by atoms with van der Waals surface area (Å²) in [4.78, 5) is 28.3. The van der Waals surface area contributed by atoms with Gasteiger partial charge in [0.15, 0.2) is 0 Å². The molecule has 0 N–H and O–H groups in total. The Bertz CT molecular complexity index is 867. The van der Waals surface area contributed by atoms with Crippen molar-refractivity contribution in [3.05, 3.63) is 57.5 Å². The Balaban J connectivity index is 2.07. The van der Waals surface area contributed by atoms with Crippen molar-refractivity contribution < 1.29 is 9.53 Å². The molecule has 3 aromatic rings. The number of carbonyl (C=O) groups is 1. The van der Waals surface area contributed by atoms with Gasteiger partial charge in [-0.15, -0.1) is 11.3 Å². The first-order valence-corrected chi connectivity index (χ1v) is 7.15. The van der Waals surface area contributed by atoms with Gasteiger partial charge in [0.2, 0.25) is 0 Å². The number of methoxy groups -OCH3 is 1. The predicted molar refractivity (Wildman–Crippen MR) is 81.4 cm³/mol. The van der Waals surface area contributed by atoms with Gasteiger partial charge in [0.05, 0.1) is 25.4 Å². The van der Waals surface area contributed by atoms with Gasteiger partial charge in [-0.25, -0.2) is 4.98 Å². The molecule has 3 rings (SSSR count). The molecule has 0 fully saturated rings. The van der Waals surface area contributed by atoms with Crippen molar-refractivity contribution in [3.63, 3.8) is 0 Å². The second kappa shape index (κ2) is 5.49. The van der Waals surface area contributed by atoms with Gasteiger partial charge in [-0.05, 0) is 29.6 Å². The van der Waals surface area contributed by atoms with E-state index in [9.17, 15) is 9.59 Å². The minimum absolute atomic E-state index is 0.0974. The van der Waals surface area contributed by atoms with Gasteiger partial charge in [0.25, 0.3) is 5.56 Å². The van der Waals surface area contributed by atoms with Crippen LogP contribution in [0.3, 0.4) is 0 Å². The van der Waals surface area contributed by atoms with Crippen LogP contribution in [-0.2, 0) is 6.54 Å². The number of aldehydes is 1. The summed E-state index contributed by atoms with van der Waals surface area (Å²) in [6, 6.07) is 6.89. The molecular formula is C15H12N2O3S. The summed E-state index contributed by atoms with van der Waals surface area (Å²) in [5.74, 6) is 0.637. The number of benzene rings is 1. The summed E-state index contributed by atoms with van der Waals surface area (Å²) >= 11 is 1.43. The minimum atomic E-state index is -0.0974. The normalized spacial score (nSPS) is 10.7. The fourth-order valence-corrected chi connectivity index (χ4v) is 2.91. The van der Waals surface area contributed by atoms with Crippen molar-refractivity contribution in [1.29, 1.82) is 0 Å². The molecule has 0 saturated heterocycles. The van der Waals surface area contributed by atoms with E-state index >= 15 is 0 Å². The molecule has 0 radical (unpaired) electrons. The van der Waals surface area contributed by atoms with Crippen LogP contribution in [0.1, 0.15) is 15.9 Å². The quantitative estimate of drug-likeness (QED) is 0.694. The van der Waals surface area contributed by atoms with E-state index < -0.39 is 0 Å². The fraction of sp³-hybridized carbons (Fsp3) is 0.133. The molecule has 0 saturated carbocycles. The first-order chi connectivity index (χ1) is 10.2. The van der Waals surface area contributed by atoms with Crippen molar-refractivity contribution in [2.24, 2.45) is 0 Å². The number of thiophene rings is 1. The van der Waals surface area contributed by atoms with Crippen molar-refractivity contribution in [2.75, 3.05) is 7.11 Å². The van der Waals surface area contributed by atoms with Crippen LogP contribution < -0.4 is 10.3 Å². The first-order valence-electron chi connectivity index (χ1n) is 6.27. The zero-order valence-corrected chi connectivity index (χ0v) is 12.1. The summed E-state index contributed by atoms with van der Waals surface area (Å²) in [6.07, 6.45) is 2.29. The molecule has 0 unspecified atom stereocenters. The third-order valence-corrected chi connectivity index (χ3v) is 4.05. The van der Waals surface area contributed by atoms with E-state index in [-0.39, 0.29) is 5.56 Å². The van der Waals surface area contributed by atoms with E-state index in [0.29, 0.717) is 23.2 Å². The third-order valence-electron chi connectivity index (χ3n) is 3.23. The van der Waals surface area contributed by atoms with Gasteiger partial charge >= 0.3 is 0 Å². The molecule has 0 atom stereocenters. The molecule has 0 amide bonds. The van der Waals surface area contributed by atoms with Crippen LogP contribution in [0.25, 0.3) is 10.2 Å². The molecule has 0 aliphatic heterocycles. The van der Waals surface area contributed by atoms with Gasteiger partial charge < -0.3 is 4.74 Å². The smallest absolute Gasteiger partial charge is 0.262 e. The summed E-state index contributed by atoms with van der Waals surface area (Å²) in [6.45, 7) is 0.308. The van der Waals surface area contributed by atoms with Gasteiger partial charge in [0, 0.05) is 11.1 Å². The number of carbonyl (C=O) groups excluding carboxylic acids is 1. The number of rotatable bonds is 4. The number of aromatic nitrogens is 2. The van der Waals surface area contributed by atoms with Crippen LogP contribution in [0, 0.1) is 0 Å². The fourth-order valence-electron chi connectivity index (χ4n) is 2.18. The summed E-state index contributed by atoms with van der Waals surface area (Å²) in [5.41, 5.74) is 1.21. The Kier molecular flexibility index (Phi) is 3.53. The van der Waals surface area contributed by atoms with Gasteiger partial charge in [0.1, 0.15) is 16.9 Å². The van der Waals surface area contributed by atoms with Crippen LogP contribution in [-0.4, -0.2) is 22.9 Å². The summed E-state index contributed by atoms with van der Waals surface area (Å²) in [7, 11) is 1.56. The van der Waals surface area contributed by atoms with E-state index in [2.05, 4.69) is 4.98 Å². The van der Waals surface area contributed by atoms with E-state index in [1.165, 1.54) is 22.2 Å². The highest BCUT2D eigenvalue weighted by atomic mass is 32.1. The zero-order valence-electron chi connectivity index (χ0n) is 11.3. The Morgan fingerprint density at radius 3 is 3.00 bits per heavy atom. The molecule has 0 bridgehead atoms. The standard InChI is InChI=1S/C15H12N2O3S/c1-20-13-3-2-10(8-18)6-11(13)7-17-9-16-14-12(15(17)19)4-5-21-14/h2-6,8-9H,7H2,1H3. The van der Waals surface area contributed by atoms with E-state index in [4.69, 9.17) is 4.74 Å². The Labute approximate surface area is 124 Å². The number of fused-ring (bicyclic) bond motifs is 1. The average Bonchev–Trinajstić information content (AvgIpc) is 2.99. The van der Waals surface area contributed by atoms with Crippen molar-refractivity contribution in [1.82, 2.24) is 9.55 Å². The predicted octanol–water partition coefficient (Wildman–Crippen LogP) is 2.33. The maximum absolute atomic E-state index is 12.4. The van der Waals surface area contributed by atoms with Gasteiger partial charge in [-0.1, -0.05) is 0 Å². The number of ether oxygens (including phenoxy) is 1. The summed E-state index contributed by atoms with van der Waals surface area (Å²) < 4.78 is 6.80. The van der Waals surface area contributed by atoms with E-state index in [1.807, 2.05) is 5.38 Å². The molecule has 0 aliphatic rings. The van der Waals surface area contributed by atoms with Crippen LogP contribution in [0.5, 0.6) is 5.75 Å². The Morgan fingerprint density at radius 2 is 2.24 bits per heavy atom. The SMILES string of the molecule is COc1ccc(C=O)cc1Cn1cnc2sccc2c1=O. The van der Waals surface area contributed by atoms with Crippen LogP contribution >= 0.6 is 11.3 Å². The lowest BCUT2D eigenvalue weighted by molar-refractivity contribution is 0.112. The molecule has 2 heterocycles. The average molecular weight is 300 g/mol. The topological polar surface area (TPSA) is 61.2 Å². The molecule has 0 spiro atoms. The van der Waals surface area contributed by atoms with Crippen molar-refractivity contribution in [2.45, 2.75) is 6.54 Å². The second-order valence-corrected chi connectivity index (χ2v) is 5.40.